The summed E-state index contributed by atoms with van der Waals surface area (Å²) in [5.74, 6) is 5.40. The first-order valence-corrected chi connectivity index (χ1v) is 3.44. The van der Waals surface area contributed by atoms with E-state index >= 15 is 0 Å². The third kappa shape index (κ3) is 5.10. The first-order valence-electron chi connectivity index (χ1n) is 3.44. The second kappa shape index (κ2) is 6.76. The highest BCUT2D eigenvalue weighted by atomic mass is 16.1. The molecule has 0 fully saturated rings. The van der Waals surface area contributed by atoms with Gasteiger partial charge in [-0.1, -0.05) is 18.8 Å². The van der Waals surface area contributed by atoms with Crippen LogP contribution >= 0.6 is 0 Å². The quantitative estimate of drug-likeness (QED) is 0.198. The Labute approximate surface area is 66.3 Å². The molecule has 0 saturated heterocycles. The van der Waals surface area contributed by atoms with Gasteiger partial charge in [-0.25, -0.2) is 0 Å². The fourth-order valence-corrected chi connectivity index (χ4v) is 0.427. The first kappa shape index (κ1) is 9.64. The zero-order valence-electron chi connectivity index (χ0n) is 6.46. The summed E-state index contributed by atoms with van der Waals surface area (Å²) in [5, 5.41) is 0. The van der Waals surface area contributed by atoms with Gasteiger partial charge in [0.1, 0.15) is 0 Å². The van der Waals surface area contributed by atoms with E-state index in [0.29, 0.717) is 12.6 Å². The van der Waals surface area contributed by atoms with E-state index < -0.39 is 0 Å². The summed E-state index contributed by atoms with van der Waals surface area (Å²) in [6.45, 7) is 2.01. The Bertz CT molecular complexity index is 205. The molecule has 0 aromatic rings. The molecule has 0 unspecified atom stereocenters. The molecule has 0 aliphatic carbocycles. The minimum absolute atomic E-state index is 0.0913. The van der Waals surface area contributed by atoms with Crippen LogP contribution in [0.25, 0.3) is 0 Å². The lowest BCUT2D eigenvalue weighted by molar-refractivity contribution is -0.109. The van der Waals surface area contributed by atoms with Crippen LogP contribution in [-0.2, 0) is 9.59 Å². The summed E-state index contributed by atoms with van der Waals surface area (Å²) in [5.41, 5.74) is 0.0913. The maximum absolute atomic E-state index is 10.0. The van der Waals surface area contributed by atoms with E-state index in [0.717, 1.165) is 12.8 Å². The Morgan fingerprint density at radius 3 is 2.45 bits per heavy atom. The Morgan fingerprint density at radius 2 is 2.00 bits per heavy atom. The highest BCUT2D eigenvalue weighted by molar-refractivity contribution is 5.99. The smallest absolute Gasteiger partial charge is 0.153 e. The number of carbonyl (C=O) groups is 2. The molecule has 11 heavy (non-hydrogen) atoms. The van der Waals surface area contributed by atoms with Gasteiger partial charge < -0.3 is 0 Å². The van der Waals surface area contributed by atoms with Gasteiger partial charge in [0.25, 0.3) is 0 Å². The predicted molar refractivity (Wildman–Crippen MR) is 42.9 cm³/mol. The average Bonchev–Trinajstić information content (AvgIpc) is 2.05. The van der Waals surface area contributed by atoms with Gasteiger partial charge >= 0.3 is 0 Å². The molecule has 2 nitrogen and oxygen atoms in total. The second-order valence-electron chi connectivity index (χ2n) is 1.95. The van der Waals surface area contributed by atoms with Gasteiger partial charge in [-0.05, 0) is 6.42 Å². The van der Waals surface area contributed by atoms with Crippen molar-refractivity contribution < 1.29 is 9.59 Å². The van der Waals surface area contributed by atoms with Crippen molar-refractivity contribution in [2.75, 3.05) is 0 Å². The van der Waals surface area contributed by atoms with Crippen molar-refractivity contribution in [1.29, 1.82) is 0 Å². The third-order valence-electron chi connectivity index (χ3n) is 0.988. The maximum Gasteiger partial charge on any atom is 0.153 e. The molecule has 0 saturated carbocycles. The summed E-state index contributed by atoms with van der Waals surface area (Å²) in [6, 6.07) is 0. The molecule has 0 aromatic carbocycles. The van der Waals surface area contributed by atoms with Gasteiger partial charge in [0.05, 0.1) is 5.57 Å². The molecule has 0 heterocycles. The number of hydrogen-bond donors (Lipinski definition) is 0. The van der Waals surface area contributed by atoms with E-state index in [-0.39, 0.29) is 5.57 Å². The number of aldehydes is 2. The number of rotatable bonds is 3. The molecule has 0 atom stereocenters. The van der Waals surface area contributed by atoms with Crippen LogP contribution in [-0.4, -0.2) is 12.6 Å². The van der Waals surface area contributed by atoms with Crippen LogP contribution in [0.2, 0.25) is 0 Å². The van der Waals surface area contributed by atoms with Crippen LogP contribution in [0.3, 0.4) is 0 Å². The Kier molecular flexibility index (Phi) is 5.92. The molecule has 0 rings (SSSR count). The van der Waals surface area contributed by atoms with Gasteiger partial charge in [-0.3, -0.25) is 9.59 Å². The van der Waals surface area contributed by atoms with E-state index in [4.69, 9.17) is 0 Å². The Morgan fingerprint density at radius 1 is 1.36 bits per heavy atom. The van der Waals surface area contributed by atoms with Crippen molar-refractivity contribution in [3.8, 4) is 11.8 Å². The van der Waals surface area contributed by atoms with Gasteiger partial charge in [-0.2, -0.15) is 0 Å². The largest absolute Gasteiger partial charge is 0.298 e. The molecule has 0 aliphatic heterocycles. The van der Waals surface area contributed by atoms with Crippen LogP contribution in [0.1, 0.15) is 19.8 Å². The lowest BCUT2D eigenvalue weighted by Crippen LogP contribution is -1.82. The average molecular weight is 150 g/mol. The van der Waals surface area contributed by atoms with Gasteiger partial charge in [0, 0.05) is 12.5 Å². The van der Waals surface area contributed by atoms with Crippen LogP contribution in [0.5, 0.6) is 0 Å². The van der Waals surface area contributed by atoms with E-state index in [1.54, 1.807) is 0 Å². The van der Waals surface area contributed by atoms with E-state index in [1.807, 2.05) is 6.92 Å². The first-order chi connectivity index (χ1) is 5.35. The minimum Gasteiger partial charge on any atom is -0.298 e. The van der Waals surface area contributed by atoms with Crippen molar-refractivity contribution >= 4 is 12.6 Å². The van der Waals surface area contributed by atoms with E-state index in [1.165, 1.54) is 6.08 Å². The molecule has 58 valence electrons. The van der Waals surface area contributed by atoms with E-state index in [9.17, 15) is 9.59 Å². The number of hydrogen-bond acceptors (Lipinski definition) is 2. The van der Waals surface area contributed by atoms with Crippen molar-refractivity contribution in [2.24, 2.45) is 0 Å². The van der Waals surface area contributed by atoms with Crippen LogP contribution in [0.15, 0.2) is 11.6 Å². The van der Waals surface area contributed by atoms with Gasteiger partial charge in [0.15, 0.2) is 12.6 Å². The SMILES string of the molecule is CCCC#CC=C(C=O)C=O. The number of allylic oxidation sites excluding steroid dienone is 2. The van der Waals surface area contributed by atoms with Crippen molar-refractivity contribution in [1.82, 2.24) is 0 Å². The third-order valence-corrected chi connectivity index (χ3v) is 0.988. The molecule has 0 aliphatic rings. The molecular formula is C9H10O2. The maximum atomic E-state index is 10.0. The Balaban J connectivity index is 3.99. The van der Waals surface area contributed by atoms with Gasteiger partial charge in [-0.15, -0.1) is 0 Å². The van der Waals surface area contributed by atoms with Crippen molar-refractivity contribution in [3.63, 3.8) is 0 Å². The van der Waals surface area contributed by atoms with Crippen LogP contribution < -0.4 is 0 Å². The molecule has 0 bridgehead atoms. The highest BCUT2D eigenvalue weighted by Crippen LogP contribution is 1.84. The fraction of sp³-hybridized carbons (Fsp3) is 0.333. The molecule has 0 N–H and O–H groups in total. The second-order valence-corrected chi connectivity index (χ2v) is 1.95. The molecule has 0 aromatic heterocycles. The molecule has 2 heteroatoms. The van der Waals surface area contributed by atoms with Crippen LogP contribution in [0, 0.1) is 11.8 Å². The molecule has 0 spiro atoms. The standard InChI is InChI=1S/C9H10O2/c1-2-3-4-5-6-9(7-10)8-11/h6-8H,2-3H2,1H3. The summed E-state index contributed by atoms with van der Waals surface area (Å²) in [6.07, 6.45) is 4.09. The summed E-state index contributed by atoms with van der Waals surface area (Å²) in [7, 11) is 0. The lowest BCUT2D eigenvalue weighted by Gasteiger charge is -1.77. The summed E-state index contributed by atoms with van der Waals surface area (Å²) < 4.78 is 0. The summed E-state index contributed by atoms with van der Waals surface area (Å²) in [4.78, 5) is 20.1. The summed E-state index contributed by atoms with van der Waals surface area (Å²) >= 11 is 0. The zero-order chi connectivity index (χ0) is 8.53. The monoisotopic (exact) mass is 150 g/mol. The zero-order valence-corrected chi connectivity index (χ0v) is 6.46. The van der Waals surface area contributed by atoms with Crippen LogP contribution in [0.4, 0.5) is 0 Å². The molecule has 0 amide bonds. The topological polar surface area (TPSA) is 34.1 Å². The molecule has 0 radical (unpaired) electrons. The number of carbonyl (C=O) groups excluding carboxylic acids is 2. The minimum atomic E-state index is 0.0913. The predicted octanol–water partition coefficient (Wildman–Crippen LogP) is 1.11. The fourth-order valence-electron chi connectivity index (χ4n) is 0.427. The normalized spacial score (nSPS) is 7.36. The Hall–Kier alpha value is -1.36. The number of unbranched alkanes of at least 4 members (excludes halogenated alkanes) is 1. The van der Waals surface area contributed by atoms with Crippen molar-refractivity contribution in [3.05, 3.63) is 11.6 Å². The van der Waals surface area contributed by atoms with Crippen molar-refractivity contribution in [2.45, 2.75) is 19.8 Å². The highest BCUT2D eigenvalue weighted by Gasteiger charge is 1.85. The van der Waals surface area contributed by atoms with Gasteiger partial charge in [0.2, 0.25) is 0 Å². The molecular weight excluding hydrogens is 140 g/mol. The lowest BCUT2D eigenvalue weighted by atomic mass is 10.3. The van der Waals surface area contributed by atoms with E-state index in [2.05, 4.69) is 11.8 Å².